The maximum absolute atomic E-state index is 11.9. The molecule has 0 fully saturated rings. The summed E-state index contributed by atoms with van der Waals surface area (Å²) < 4.78 is 23.8. The normalized spacial score (nSPS) is 11.6. The van der Waals surface area contributed by atoms with Crippen molar-refractivity contribution in [2.45, 2.75) is 4.90 Å². The Morgan fingerprint density at radius 1 is 1.13 bits per heavy atom. The highest BCUT2D eigenvalue weighted by atomic mass is 35.5. The fraction of sp³-hybridized carbons (Fsp3) is 0.0625. The average Bonchev–Trinajstić information content (AvgIpc) is 2.49. The summed E-state index contributed by atoms with van der Waals surface area (Å²) in [4.78, 5) is 4.37. The lowest BCUT2D eigenvalue weighted by Crippen LogP contribution is -2.00. The number of nitrogens with one attached hydrogen (secondary N) is 1. The van der Waals surface area contributed by atoms with Crippen LogP contribution in [-0.4, -0.2) is 24.8 Å². The number of aromatic nitrogens is 1. The Morgan fingerprint density at radius 3 is 2.61 bits per heavy atom. The second-order valence-electron chi connectivity index (χ2n) is 5.07. The van der Waals surface area contributed by atoms with Crippen molar-refractivity contribution in [2.75, 3.05) is 11.6 Å². The van der Waals surface area contributed by atoms with Crippen LogP contribution in [0.2, 0.25) is 5.02 Å². The Balaban J connectivity index is 2.16. The smallest absolute Gasteiger partial charge is 0.177 e. The molecule has 1 heterocycles. The minimum Gasteiger partial charge on any atom is -0.508 e. The lowest BCUT2D eigenvalue weighted by molar-refractivity contribution is 0.475. The predicted molar refractivity (Wildman–Crippen MR) is 91.3 cm³/mol. The molecular weight excluding hydrogens is 336 g/mol. The number of rotatable bonds is 3. The molecule has 0 aliphatic rings. The second-order valence-corrected chi connectivity index (χ2v) is 7.46. The summed E-state index contributed by atoms with van der Waals surface area (Å²) in [6.45, 7) is 0. The van der Waals surface area contributed by atoms with Crippen LogP contribution in [0.1, 0.15) is 0 Å². The third kappa shape index (κ3) is 3.09. The molecule has 0 amide bonds. The molecule has 0 aliphatic heterocycles. The zero-order valence-corrected chi connectivity index (χ0v) is 13.7. The molecule has 2 aromatic carbocycles. The van der Waals surface area contributed by atoms with Crippen LogP contribution < -0.4 is 5.32 Å². The van der Waals surface area contributed by atoms with Crippen LogP contribution in [0.25, 0.3) is 10.9 Å². The van der Waals surface area contributed by atoms with E-state index in [1.54, 1.807) is 24.3 Å². The highest BCUT2D eigenvalue weighted by Crippen LogP contribution is 2.32. The number of phenols is 1. The number of halogens is 1. The number of hydrogen-bond donors (Lipinski definition) is 2. The average molecular weight is 349 g/mol. The van der Waals surface area contributed by atoms with Gasteiger partial charge in [-0.05, 0) is 24.3 Å². The largest absolute Gasteiger partial charge is 0.508 e. The van der Waals surface area contributed by atoms with Crippen LogP contribution in [-0.2, 0) is 9.84 Å². The molecule has 3 aromatic rings. The van der Waals surface area contributed by atoms with E-state index < -0.39 is 9.84 Å². The van der Waals surface area contributed by atoms with E-state index in [0.717, 1.165) is 6.26 Å². The van der Waals surface area contributed by atoms with Gasteiger partial charge in [0.1, 0.15) is 5.75 Å². The zero-order chi connectivity index (χ0) is 16.6. The number of pyridine rings is 1. The van der Waals surface area contributed by atoms with Crippen molar-refractivity contribution in [2.24, 2.45) is 0 Å². The van der Waals surface area contributed by atoms with E-state index in [-0.39, 0.29) is 10.6 Å². The number of anilines is 2. The summed E-state index contributed by atoms with van der Waals surface area (Å²) in [7, 11) is -3.38. The molecule has 0 atom stereocenters. The Bertz CT molecular complexity index is 1000. The van der Waals surface area contributed by atoms with E-state index in [0.29, 0.717) is 27.3 Å². The molecule has 0 spiro atoms. The van der Waals surface area contributed by atoms with E-state index in [9.17, 15) is 13.5 Å². The number of benzene rings is 2. The summed E-state index contributed by atoms with van der Waals surface area (Å²) in [6.07, 6.45) is 2.69. The maximum Gasteiger partial charge on any atom is 0.177 e. The van der Waals surface area contributed by atoms with Crippen molar-refractivity contribution < 1.29 is 13.5 Å². The number of phenolic OH excluding ortho intramolecular Hbond substituents is 1. The molecule has 0 unspecified atom stereocenters. The minimum absolute atomic E-state index is 0.0690. The first-order valence-corrected chi connectivity index (χ1v) is 8.96. The van der Waals surface area contributed by atoms with Gasteiger partial charge in [-0.2, -0.15) is 0 Å². The van der Waals surface area contributed by atoms with Gasteiger partial charge in [-0.3, -0.25) is 4.98 Å². The number of aromatic hydroxyl groups is 1. The van der Waals surface area contributed by atoms with E-state index in [1.807, 2.05) is 0 Å². The molecule has 0 saturated carbocycles. The second kappa shape index (κ2) is 5.72. The van der Waals surface area contributed by atoms with Crippen molar-refractivity contribution in [3.05, 3.63) is 53.7 Å². The molecule has 23 heavy (non-hydrogen) atoms. The maximum atomic E-state index is 11.9. The molecule has 2 N–H and O–H groups in total. The Kier molecular flexibility index (Phi) is 3.87. The minimum atomic E-state index is -3.38. The first-order chi connectivity index (χ1) is 10.9. The fourth-order valence-electron chi connectivity index (χ4n) is 2.31. The number of fused-ring (bicyclic) bond motifs is 1. The topological polar surface area (TPSA) is 79.3 Å². The van der Waals surface area contributed by atoms with Gasteiger partial charge in [0.15, 0.2) is 9.84 Å². The van der Waals surface area contributed by atoms with Crippen LogP contribution in [0.5, 0.6) is 5.75 Å². The standard InChI is InChI=1S/C16H13ClN2O3S/c1-23(21,22)15-4-2-3-11-13(7-8-18-16(11)15)19-14-6-5-10(20)9-12(14)17/h2-9,20H,1H3,(H,18,19). The Morgan fingerprint density at radius 2 is 1.91 bits per heavy atom. The van der Waals surface area contributed by atoms with E-state index >= 15 is 0 Å². The highest BCUT2D eigenvalue weighted by molar-refractivity contribution is 7.91. The molecule has 5 nitrogen and oxygen atoms in total. The third-order valence-corrected chi connectivity index (χ3v) is 4.80. The highest BCUT2D eigenvalue weighted by Gasteiger charge is 2.14. The number of para-hydroxylation sites is 1. The number of hydrogen-bond acceptors (Lipinski definition) is 5. The van der Waals surface area contributed by atoms with Gasteiger partial charge in [0.25, 0.3) is 0 Å². The van der Waals surface area contributed by atoms with E-state index in [2.05, 4.69) is 10.3 Å². The van der Waals surface area contributed by atoms with Gasteiger partial charge in [-0.25, -0.2) is 8.42 Å². The first-order valence-electron chi connectivity index (χ1n) is 6.69. The number of nitrogens with zero attached hydrogens (tertiary/aromatic N) is 1. The van der Waals surface area contributed by atoms with E-state index in [4.69, 9.17) is 11.6 Å². The molecule has 1 aromatic heterocycles. The van der Waals surface area contributed by atoms with E-state index in [1.165, 1.54) is 24.4 Å². The van der Waals surface area contributed by atoms with Crippen molar-refractivity contribution >= 4 is 43.7 Å². The molecule has 0 bridgehead atoms. The Hall–Kier alpha value is -2.31. The molecule has 0 aliphatic carbocycles. The van der Waals surface area contributed by atoms with Gasteiger partial charge in [0.05, 0.1) is 21.1 Å². The monoisotopic (exact) mass is 348 g/mol. The third-order valence-electron chi connectivity index (χ3n) is 3.36. The lowest BCUT2D eigenvalue weighted by Gasteiger charge is -2.12. The molecule has 7 heteroatoms. The van der Waals surface area contributed by atoms with Gasteiger partial charge in [-0.15, -0.1) is 0 Å². The SMILES string of the molecule is CS(=O)(=O)c1cccc2c(Nc3ccc(O)cc3Cl)ccnc12. The fourth-order valence-corrected chi connectivity index (χ4v) is 3.37. The van der Waals surface area contributed by atoms with Crippen LogP contribution in [0.3, 0.4) is 0 Å². The predicted octanol–water partition coefficient (Wildman–Crippen LogP) is 3.74. The lowest BCUT2D eigenvalue weighted by atomic mass is 10.2. The van der Waals surface area contributed by atoms with Crippen molar-refractivity contribution in [1.82, 2.24) is 4.98 Å². The van der Waals surface area contributed by atoms with Crippen LogP contribution in [0, 0.1) is 0 Å². The Labute approximate surface area is 138 Å². The van der Waals surface area contributed by atoms with Crippen molar-refractivity contribution in [1.29, 1.82) is 0 Å². The molecule has 118 valence electrons. The molecule has 3 rings (SSSR count). The summed E-state index contributed by atoms with van der Waals surface area (Å²) >= 11 is 6.10. The van der Waals surface area contributed by atoms with Crippen LogP contribution in [0.4, 0.5) is 11.4 Å². The summed E-state index contributed by atoms with van der Waals surface area (Å²) in [6, 6.07) is 11.3. The van der Waals surface area contributed by atoms with Gasteiger partial charge < -0.3 is 10.4 Å². The molecule has 0 radical (unpaired) electrons. The van der Waals surface area contributed by atoms with Gasteiger partial charge in [-0.1, -0.05) is 23.7 Å². The zero-order valence-electron chi connectivity index (χ0n) is 12.1. The summed E-state index contributed by atoms with van der Waals surface area (Å²) in [5.74, 6) is 0.0690. The summed E-state index contributed by atoms with van der Waals surface area (Å²) in [5.41, 5.74) is 1.67. The van der Waals surface area contributed by atoms with Crippen molar-refractivity contribution in [3.8, 4) is 5.75 Å². The summed E-state index contributed by atoms with van der Waals surface area (Å²) in [5, 5.41) is 13.6. The van der Waals surface area contributed by atoms with Crippen LogP contribution >= 0.6 is 11.6 Å². The first kappa shape index (κ1) is 15.6. The number of sulfone groups is 1. The quantitative estimate of drug-likeness (QED) is 0.705. The van der Waals surface area contributed by atoms with Gasteiger partial charge in [0, 0.05) is 29.6 Å². The van der Waals surface area contributed by atoms with Gasteiger partial charge >= 0.3 is 0 Å². The molecule has 0 saturated heterocycles. The van der Waals surface area contributed by atoms with Crippen LogP contribution in [0.15, 0.2) is 53.6 Å². The van der Waals surface area contributed by atoms with Gasteiger partial charge in [0.2, 0.25) is 0 Å². The van der Waals surface area contributed by atoms with Crippen molar-refractivity contribution in [3.63, 3.8) is 0 Å². The molecular formula is C16H13ClN2O3S.